The van der Waals surface area contributed by atoms with E-state index >= 15 is 0 Å². The van der Waals surface area contributed by atoms with E-state index in [1.54, 1.807) is 24.9 Å². The Morgan fingerprint density at radius 3 is 2.47 bits per heavy atom. The lowest BCUT2D eigenvalue weighted by molar-refractivity contribution is -0.149. The third-order valence-corrected chi connectivity index (χ3v) is 3.30. The van der Waals surface area contributed by atoms with Gasteiger partial charge in [0.25, 0.3) is 0 Å². The predicted molar refractivity (Wildman–Crippen MR) is 71.3 cm³/mol. The van der Waals surface area contributed by atoms with Gasteiger partial charge in [0.2, 0.25) is 5.91 Å². The number of amides is 1. The van der Waals surface area contributed by atoms with Crippen LogP contribution in [0.25, 0.3) is 0 Å². The Hall–Kier alpha value is -1.91. The van der Waals surface area contributed by atoms with Crippen molar-refractivity contribution in [3.8, 4) is 0 Å². The van der Waals surface area contributed by atoms with Gasteiger partial charge >= 0.3 is 5.97 Å². The summed E-state index contributed by atoms with van der Waals surface area (Å²) in [5, 5.41) is 8.96. The second kappa shape index (κ2) is 6.87. The number of aromatic nitrogens is 1. The van der Waals surface area contributed by atoms with Gasteiger partial charge in [0.05, 0.1) is 18.2 Å². The van der Waals surface area contributed by atoms with E-state index in [0.717, 1.165) is 5.69 Å². The second-order valence-electron chi connectivity index (χ2n) is 4.59. The van der Waals surface area contributed by atoms with Crippen LogP contribution in [0.15, 0.2) is 24.4 Å². The summed E-state index contributed by atoms with van der Waals surface area (Å²) in [6, 6.07) is 5.53. The number of aliphatic carboxylic acids is 1. The molecule has 2 unspecified atom stereocenters. The number of carbonyl (C=O) groups is 2. The van der Waals surface area contributed by atoms with E-state index in [-0.39, 0.29) is 5.91 Å². The van der Waals surface area contributed by atoms with E-state index in [0.29, 0.717) is 13.1 Å². The summed E-state index contributed by atoms with van der Waals surface area (Å²) in [6.07, 6.45) is 1.68. The third-order valence-electron chi connectivity index (χ3n) is 3.30. The molecule has 1 heterocycles. The molecule has 0 spiro atoms. The Morgan fingerprint density at radius 2 is 2.00 bits per heavy atom. The third kappa shape index (κ3) is 4.05. The highest BCUT2D eigenvalue weighted by molar-refractivity contribution is 5.84. The molecule has 0 aliphatic carbocycles. The molecule has 0 aliphatic rings. The summed E-state index contributed by atoms with van der Waals surface area (Å²) in [6.45, 7) is 6.03. The first-order chi connectivity index (χ1) is 8.97. The van der Waals surface area contributed by atoms with Gasteiger partial charge in [-0.1, -0.05) is 19.9 Å². The maximum atomic E-state index is 12.3. The van der Waals surface area contributed by atoms with E-state index in [2.05, 4.69) is 4.98 Å². The molecular formula is C14H20N2O3. The zero-order valence-corrected chi connectivity index (χ0v) is 11.5. The van der Waals surface area contributed by atoms with Crippen molar-refractivity contribution in [3.63, 3.8) is 0 Å². The molecule has 1 rings (SSSR count). The summed E-state index contributed by atoms with van der Waals surface area (Å²) < 4.78 is 0. The van der Waals surface area contributed by atoms with Gasteiger partial charge in [-0.3, -0.25) is 14.6 Å². The first-order valence-corrected chi connectivity index (χ1v) is 6.38. The van der Waals surface area contributed by atoms with E-state index in [1.807, 2.05) is 25.1 Å². The number of carbonyl (C=O) groups excluding carboxylic acids is 1. The van der Waals surface area contributed by atoms with Crippen LogP contribution < -0.4 is 0 Å². The Bertz CT molecular complexity index is 434. The lowest BCUT2D eigenvalue weighted by Gasteiger charge is -2.25. The standard InChI is InChI=1S/C14H20N2O3/c1-4-16(9-12-7-5-6-8-15-12)13(17)10(2)11(3)14(18)19/h5-8,10-11H,4,9H2,1-3H3,(H,18,19). The van der Waals surface area contributed by atoms with E-state index in [4.69, 9.17) is 5.11 Å². The van der Waals surface area contributed by atoms with E-state index < -0.39 is 17.8 Å². The molecule has 1 N–H and O–H groups in total. The highest BCUT2D eigenvalue weighted by atomic mass is 16.4. The second-order valence-corrected chi connectivity index (χ2v) is 4.59. The van der Waals surface area contributed by atoms with E-state index in [9.17, 15) is 9.59 Å². The van der Waals surface area contributed by atoms with Crippen molar-refractivity contribution in [2.24, 2.45) is 11.8 Å². The maximum absolute atomic E-state index is 12.3. The fourth-order valence-electron chi connectivity index (χ4n) is 1.75. The summed E-state index contributed by atoms with van der Waals surface area (Å²) in [7, 11) is 0. The van der Waals surface area contributed by atoms with Crippen LogP contribution in [0.2, 0.25) is 0 Å². The monoisotopic (exact) mass is 264 g/mol. The van der Waals surface area contributed by atoms with Crippen LogP contribution in [0.5, 0.6) is 0 Å². The number of hydrogen-bond donors (Lipinski definition) is 1. The molecular weight excluding hydrogens is 244 g/mol. The van der Waals surface area contributed by atoms with Crippen molar-refractivity contribution in [2.75, 3.05) is 6.54 Å². The number of carboxylic acids is 1. The van der Waals surface area contributed by atoms with Crippen LogP contribution >= 0.6 is 0 Å². The first kappa shape index (κ1) is 15.1. The molecule has 1 aromatic rings. The SMILES string of the molecule is CCN(Cc1ccccn1)C(=O)C(C)C(C)C(=O)O. The highest BCUT2D eigenvalue weighted by Gasteiger charge is 2.28. The number of nitrogens with zero attached hydrogens (tertiary/aromatic N) is 2. The van der Waals surface area contributed by atoms with Crippen LogP contribution in [-0.4, -0.2) is 33.4 Å². The van der Waals surface area contributed by atoms with Crippen molar-refractivity contribution in [2.45, 2.75) is 27.3 Å². The molecule has 19 heavy (non-hydrogen) atoms. The van der Waals surface area contributed by atoms with Crippen molar-refractivity contribution in [1.29, 1.82) is 0 Å². The van der Waals surface area contributed by atoms with Crippen LogP contribution in [-0.2, 0) is 16.1 Å². The lowest BCUT2D eigenvalue weighted by atomic mass is 9.94. The first-order valence-electron chi connectivity index (χ1n) is 6.38. The van der Waals surface area contributed by atoms with Crippen LogP contribution in [0.3, 0.4) is 0 Å². The average Bonchev–Trinajstić information content (AvgIpc) is 2.43. The molecule has 2 atom stereocenters. The van der Waals surface area contributed by atoms with Gasteiger partial charge in [-0.25, -0.2) is 0 Å². The molecule has 0 aliphatic heterocycles. The number of hydrogen-bond acceptors (Lipinski definition) is 3. The Labute approximate surface area is 113 Å². The quantitative estimate of drug-likeness (QED) is 0.850. The van der Waals surface area contributed by atoms with E-state index in [1.165, 1.54) is 0 Å². The molecule has 1 amide bonds. The summed E-state index contributed by atoms with van der Waals surface area (Å²) in [4.78, 5) is 29.0. The smallest absolute Gasteiger partial charge is 0.307 e. The average molecular weight is 264 g/mol. The molecule has 0 saturated carbocycles. The van der Waals surface area contributed by atoms with Crippen molar-refractivity contribution >= 4 is 11.9 Å². The topological polar surface area (TPSA) is 70.5 Å². The lowest BCUT2D eigenvalue weighted by Crippen LogP contribution is -2.38. The normalized spacial score (nSPS) is 13.6. The van der Waals surface area contributed by atoms with Gasteiger partial charge in [0, 0.05) is 18.7 Å². The molecule has 0 saturated heterocycles. The van der Waals surface area contributed by atoms with Crippen LogP contribution in [0, 0.1) is 11.8 Å². The maximum Gasteiger partial charge on any atom is 0.307 e. The fraction of sp³-hybridized carbons (Fsp3) is 0.500. The summed E-state index contributed by atoms with van der Waals surface area (Å²) in [5.74, 6) is -2.33. The summed E-state index contributed by atoms with van der Waals surface area (Å²) in [5.41, 5.74) is 0.799. The van der Waals surface area contributed by atoms with Gasteiger partial charge in [0.15, 0.2) is 0 Å². The van der Waals surface area contributed by atoms with Gasteiger partial charge in [-0.15, -0.1) is 0 Å². The fourth-order valence-corrected chi connectivity index (χ4v) is 1.75. The highest BCUT2D eigenvalue weighted by Crippen LogP contribution is 2.16. The minimum absolute atomic E-state index is 0.150. The molecule has 5 nitrogen and oxygen atoms in total. The number of carboxylic acid groups (broad SMARTS) is 1. The Balaban J connectivity index is 2.74. The molecule has 104 valence electrons. The molecule has 1 aromatic heterocycles. The molecule has 0 fully saturated rings. The van der Waals surface area contributed by atoms with Crippen molar-refractivity contribution in [3.05, 3.63) is 30.1 Å². The molecule has 0 aromatic carbocycles. The van der Waals surface area contributed by atoms with Crippen molar-refractivity contribution < 1.29 is 14.7 Å². The molecule has 0 bridgehead atoms. The largest absolute Gasteiger partial charge is 0.481 e. The number of pyridine rings is 1. The van der Waals surface area contributed by atoms with Gasteiger partial charge in [-0.2, -0.15) is 0 Å². The Morgan fingerprint density at radius 1 is 1.32 bits per heavy atom. The number of rotatable bonds is 6. The molecule has 5 heteroatoms. The van der Waals surface area contributed by atoms with Gasteiger partial charge < -0.3 is 10.0 Å². The van der Waals surface area contributed by atoms with Crippen LogP contribution in [0.4, 0.5) is 0 Å². The van der Waals surface area contributed by atoms with Gasteiger partial charge in [-0.05, 0) is 19.1 Å². The zero-order valence-electron chi connectivity index (χ0n) is 11.5. The predicted octanol–water partition coefficient (Wildman–Crippen LogP) is 1.79. The van der Waals surface area contributed by atoms with Crippen LogP contribution in [0.1, 0.15) is 26.5 Å². The van der Waals surface area contributed by atoms with Crippen molar-refractivity contribution in [1.82, 2.24) is 9.88 Å². The minimum Gasteiger partial charge on any atom is -0.481 e. The van der Waals surface area contributed by atoms with Gasteiger partial charge in [0.1, 0.15) is 0 Å². The Kier molecular flexibility index (Phi) is 5.48. The zero-order chi connectivity index (χ0) is 14.4. The molecule has 0 radical (unpaired) electrons. The summed E-state index contributed by atoms with van der Waals surface area (Å²) >= 11 is 0. The minimum atomic E-state index is -0.949.